The van der Waals surface area contributed by atoms with Gasteiger partial charge in [-0.2, -0.15) is 9.57 Å². The summed E-state index contributed by atoms with van der Waals surface area (Å²) in [5.41, 5.74) is 5.76. The van der Waals surface area contributed by atoms with Crippen LogP contribution in [0.2, 0.25) is 0 Å². The number of amides is 1. The summed E-state index contributed by atoms with van der Waals surface area (Å²) < 4.78 is 27.2. The SMILES string of the molecule is N#Cc1ccc(S(=O)(=O)N2CCCCC2CNC(=O)CCN)cc1. The summed E-state index contributed by atoms with van der Waals surface area (Å²) in [4.78, 5) is 11.8. The Balaban J connectivity index is 2.15. The first kappa shape index (κ1) is 18.4. The molecule has 2 rings (SSSR count). The molecule has 0 bridgehead atoms. The third kappa shape index (κ3) is 4.32. The standard InChI is InChI=1S/C16H22N4O3S/c17-9-8-16(21)19-12-14-3-1-2-10-20(14)24(22,23)15-6-4-13(11-18)5-7-15/h4-7,14H,1-3,8-10,12,17H2,(H,19,21). The number of piperidine rings is 1. The van der Waals surface area contributed by atoms with Gasteiger partial charge in [-0.3, -0.25) is 4.79 Å². The van der Waals surface area contributed by atoms with Gasteiger partial charge in [0.25, 0.3) is 0 Å². The zero-order chi connectivity index (χ0) is 17.6. The largest absolute Gasteiger partial charge is 0.354 e. The smallest absolute Gasteiger partial charge is 0.243 e. The molecule has 1 fully saturated rings. The van der Waals surface area contributed by atoms with Crippen molar-refractivity contribution in [1.29, 1.82) is 5.26 Å². The van der Waals surface area contributed by atoms with Crippen molar-refractivity contribution in [1.82, 2.24) is 9.62 Å². The van der Waals surface area contributed by atoms with Crippen molar-refractivity contribution in [2.24, 2.45) is 5.73 Å². The van der Waals surface area contributed by atoms with Crippen LogP contribution in [0.25, 0.3) is 0 Å². The predicted octanol–water partition coefficient (Wildman–Crippen LogP) is 0.566. The predicted molar refractivity (Wildman–Crippen MR) is 89.4 cm³/mol. The number of nitrogens with one attached hydrogen (secondary N) is 1. The van der Waals surface area contributed by atoms with Crippen molar-refractivity contribution in [3.05, 3.63) is 29.8 Å². The van der Waals surface area contributed by atoms with E-state index >= 15 is 0 Å². The fourth-order valence-corrected chi connectivity index (χ4v) is 4.48. The lowest BCUT2D eigenvalue weighted by atomic mass is 10.1. The Labute approximate surface area is 142 Å². The zero-order valence-electron chi connectivity index (χ0n) is 13.4. The lowest BCUT2D eigenvalue weighted by molar-refractivity contribution is -0.121. The van der Waals surface area contributed by atoms with Crippen molar-refractivity contribution < 1.29 is 13.2 Å². The maximum absolute atomic E-state index is 12.9. The molecular weight excluding hydrogens is 328 g/mol. The fraction of sp³-hybridized carbons (Fsp3) is 0.500. The number of hydrogen-bond donors (Lipinski definition) is 2. The summed E-state index contributed by atoms with van der Waals surface area (Å²) in [5.74, 6) is -0.168. The first-order valence-electron chi connectivity index (χ1n) is 7.98. The van der Waals surface area contributed by atoms with E-state index in [0.29, 0.717) is 18.5 Å². The van der Waals surface area contributed by atoms with Gasteiger partial charge >= 0.3 is 0 Å². The number of nitriles is 1. The quantitative estimate of drug-likeness (QED) is 0.778. The van der Waals surface area contributed by atoms with Gasteiger partial charge in [0.15, 0.2) is 0 Å². The van der Waals surface area contributed by atoms with E-state index in [9.17, 15) is 13.2 Å². The number of nitrogens with zero attached hydrogens (tertiary/aromatic N) is 2. The second kappa shape index (κ2) is 8.24. The third-order valence-corrected chi connectivity index (χ3v) is 6.04. The Morgan fingerprint density at radius 2 is 2.04 bits per heavy atom. The Morgan fingerprint density at radius 1 is 1.33 bits per heavy atom. The van der Waals surface area contributed by atoms with Crippen LogP contribution < -0.4 is 11.1 Å². The minimum absolute atomic E-state index is 0.168. The van der Waals surface area contributed by atoms with Crippen LogP contribution in [0.4, 0.5) is 0 Å². The lowest BCUT2D eigenvalue weighted by Crippen LogP contribution is -2.49. The van der Waals surface area contributed by atoms with Crippen LogP contribution in [-0.2, 0) is 14.8 Å². The maximum atomic E-state index is 12.9. The molecule has 1 aliphatic rings. The van der Waals surface area contributed by atoms with Gasteiger partial charge in [0.2, 0.25) is 15.9 Å². The molecule has 0 radical (unpaired) electrons. The molecule has 1 aromatic rings. The monoisotopic (exact) mass is 350 g/mol. The van der Waals surface area contributed by atoms with E-state index in [1.54, 1.807) is 0 Å². The van der Waals surface area contributed by atoms with E-state index in [-0.39, 0.29) is 36.4 Å². The summed E-state index contributed by atoms with van der Waals surface area (Å²) in [7, 11) is -3.65. The molecular formula is C16H22N4O3S. The number of benzene rings is 1. The number of carbonyl (C=O) groups is 1. The molecule has 1 saturated heterocycles. The fourth-order valence-electron chi connectivity index (χ4n) is 2.78. The molecule has 8 heteroatoms. The van der Waals surface area contributed by atoms with Crippen molar-refractivity contribution in [2.75, 3.05) is 19.6 Å². The second-order valence-corrected chi connectivity index (χ2v) is 7.63. The highest BCUT2D eigenvalue weighted by molar-refractivity contribution is 7.89. The molecule has 0 aliphatic carbocycles. The van der Waals surface area contributed by atoms with Gasteiger partial charge in [-0.05, 0) is 37.1 Å². The van der Waals surface area contributed by atoms with Gasteiger partial charge < -0.3 is 11.1 Å². The summed E-state index contributed by atoms with van der Waals surface area (Å²) in [5, 5.41) is 11.6. The molecule has 130 valence electrons. The van der Waals surface area contributed by atoms with Crippen molar-refractivity contribution in [3.63, 3.8) is 0 Å². The Bertz CT molecular complexity index is 710. The second-order valence-electron chi connectivity index (χ2n) is 5.74. The highest BCUT2D eigenvalue weighted by Crippen LogP contribution is 2.25. The van der Waals surface area contributed by atoms with Gasteiger partial charge in [-0.15, -0.1) is 0 Å². The van der Waals surface area contributed by atoms with Crippen molar-refractivity contribution in [2.45, 2.75) is 36.6 Å². The molecule has 24 heavy (non-hydrogen) atoms. The van der Waals surface area contributed by atoms with Gasteiger partial charge in [-0.25, -0.2) is 8.42 Å². The molecule has 1 heterocycles. The molecule has 0 spiro atoms. The average molecular weight is 350 g/mol. The molecule has 1 aromatic carbocycles. The molecule has 0 saturated carbocycles. The molecule has 1 aliphatic heterocycles. The maximum Gasteiger partial charge on any atom is 0.243 e. The zero-order valence-corrected chi connectivity index (χ0v) is 14.3. The van der Waals surface area contributed by atoms with Crippen LogP contribution in [0.15, 0.2) is 29.2 Å². The van der Waals surface area contributed by atoms with Crippen LogP contribution in [0.3, 0.4) is 0 Å². The molecule has 0 aromatic heterocycles. The van der Waals surface area contributed by atoms with E-state index < -0.39 is 10.0 Å². The first-order chi connectivity index (χ1) is 11.5. The highest BCUT2D eigenvalue weighted by Gasteiger charge is 2.33. The van der Waals surface area contributed by atoms with Crippen LogP contribution in [0.5, 0.6) is 0 Å². The minimum atomic E-state index is -3.65. The number of carbonyl (C=O) groups excluding carboxylic acids is 1. The average Bonchev–Trinajstić information content (AvgIpc) is 2.60. The normalized spacial score (nSPS) is 18.8. The Kier molecular flexibility index (Phi) is 6.31. The number of sulfonamides is 1. The Hall–Kier alpha value is -1.95. The molecule has 1 unspecified atom stereocenters. The third-order valence-electron chi connectivity index (χ3n) is 4.07. The summed E-state index contributed by atoms with van der Waals surface area (Å²) in [6.07, 6.45) is 2.66. The van der Waals surface area contributed by atoms with Crippen LogP contribution in [0, 0.1) is 11.3 Å². The van der Waals surface area contributed by atoms with E-state index in [1.165, 1.54) is 28.6 Å². The van der Waals surface area contributed by atoms with Gasteiger partial charge in [0.1, 0.15) is 0 Å². The number of nitrogens with two attached hydrogens (primary N) is 1. The van der Waals surface area contributed by atoms with Crippen LogP contribution >= 0.6 is 0 Å². The van der Waals surface area contributed by atoms with Gasteiger partial charge in [-0.1, -0.05) is 6.42 Å². The van der Waals surface area contributed by atoms with Crippen molar-refractivity contribution >= 4 is 15.9 Å². The highest BCUT2D eigenvalue weighted by atomic mass is 32.2. The first-order valence-corrected chi connectivity index (χ1v) is 9.42. The molecule has 7 nitrogen and oxygen atoms in total. The number of rotatable bonds is 6. The molecule has 1 amide bonds. The van der Waals surface area contributed by atoms with Gasteiger partial charge in [0, 0.05) is 32.1 Å². The molecule has 3 N–H and O–H groups in total. The Morgan fingerprint density at radius 3 is 2.67 bits per heavy atom. The number of hydrogen-bond acceptors (Lipinski definition) is 5. The molecule has 1 atom stereocenters. The van der Waals surface area contributed by atoms with Crippen molar-refractivity contribution in [3.8, 4) is 6.07 Å². The van der Waals surface area contributed by atoms with Gasteiger partial charge in [0.05, 0.1) is 16.5 Å². The lowest BCUT2D eigenvalue weighted by Gasteiger charge is -2.34. The van der Waals surface area contributed by atoms with E-state index in [4.69, 9.17) is 11.0 Å². The summed E-state index contributed by atoms with van der Waals surface area (Å²) in [6.45, 7) is 0.984. The van der Waals surface area contributed by atoms with Crippen LogP contribution in [0.1, 0.15) is 31.2 Å². The summed E-state index contributed by atoms with van der Waals surface area (Å²) >= 11 is 0. The summed E-state index contributed by atoms with van der Waals surface area (Å²) in [6, 6.07) is 7.60. The topological polar surface area (TPSA) is 116 Å². The minimum Gasteiger partial charge on any atom is -0.354 e. The van der Waals surface area contributed by atoms with E-state index in [1.807, 2.05) is 6.07 Å². The van der Waals surface area contributed by atoms with E-state index in [0.717, 1.165) is 12.8 Å². The van der Waals surface area contributed by atoms with Crippen LogP contribution in [-0.4, -0.2) is 44.3 Å². The van der Waals surface area contributed by atoms with E-state index in [2.05, 4.69) is 5.32 Å².